The Morgan fingerprint density at radius 3 is 2.80 bits per heavy atom. The smallest absolute Gasteiger partial charge is 0.0838 e. The monoisotopic (exact) mass is 263 g/mol. The van der Waals surface area contributed by atoms with Crippen molar-refractivity contribution in [1.82, 2.24) is 14.8 Å². The fourth-order valence-corrected chi connectivity index (χ4v) is 2.76. The molecule has 0 bridgehead atoms. The molecule has 0 aliphatic heterocycles. The second kappa shape index (κ2) is 4.44. The Balaban J connectivity index is 1.72. The molecule has 1 aromatic carbocycles. The van der Waals surface area contributed by atoms with E-state index in [-0.39, 0.29) is 0 Å². The van der Waals surface area contributed by atoms with Crippen molar-refractivity contribution < 1.29 is 0 Å². The zero-order valence-electron chi connectivity index (χ0n) is 11.6. The molecule has 0 radical (unpaired) electrons. The van der Waals surface area contributed by atoms with Gasteiger partial charge in [0.1, 0.15) is 0 Å². The van der Waals surface area contributed by atoms with Gasteiger partial charge in [0.2, 0.25) is 0 Å². The number of fused-ring (bicyclic) bond motifs is 1. The van der Waals surface area contributed by atoms with Gasteiger partial charge in [0, 0.05) is 17.0 Å². The fourth-order valence-electron chi connectivity index (χ4n) is 2.76. The van der Waals surface area contributed by atoms with Gasteiger partial charge in [-0.3, -0.25) is 9.67 Å². The first-order valence-electron chi connectivity index (χ1n) is 7.19. The second-order valence-corrected chi connectivity index (χ2v) is 5.59. The number of aryl methyl sites for hydroxylation is 1. The summed E-state index contributed by atoms with van der Waals surface area (Å²) in [6.45, 7) is 2.81. The molecular formula is C17H17N3. The molecule has 0 unspecified atom stereocenters. The third kappa shape index (κ3) is 1.99. The highest BCUT2D eigenvalue weighted by atomic mass is 15.3. The summed E-state index contributed by atoms with van der Waals surface area (Å²) in [4.78, 5) is 4.79. The van der Waals surface area contributed by atoms with Crippen LogP contribution < -0.4 is 0 Å². The molecule has 0 amide bonds. The zero-order valence-corrected chi connectivity index (χ0v) is 11.6. The number of hydrogen-bond acceptors (Lipinski definition) is 2. The van der Waals surface area contributed by atoms with Crippen molar-refractivity contribution in [3.8, 4) is 0 Å². The highest BCUT2D eigenvalue weighted by Crippen LogP contribution is 2.38. The van der Waals surface area contributed by atoms with Crippen LogP contribution in [0.1, 0.15) is 35.8 Å². The molecule has 3 aromatic rings. The van der Waals surface area contributed by atoms with Crippen LogP contribution in [0.2, 0.25) is 0 Å². The molecule has 0 spiro atoms. The SMILES string of the molecule is Cc1nn(Cc2cccc(C3CC3)n2)c2ccccc12. The van der Waals surface area contributed by atoms with Crippen LogP contribution in [0.4, 0.5) is 0 Å². The first-order valence-corrected chi connectivity index (χ1v) is 7.19. The molecule has 3 nitrogen and oxygen atoms in total. The Morgan fingerprint density at radius 2 is 1.95 bits per heavy atom. The van der Waals surface area contributed by atoms with Crippen LogP contribution in [-0.4, -0.2) is 14.8 Å². The molecule has 1 saturated carbocycles. The van der Waals surface area contributed by atoms with Crippen molar-refractivity contribution in [1.29, 1.82) is 0 Å². The van der Waals surface area contributed by atoms with E-state index in [1.54, 1.807) is 0 Å². The average molecular weight is 263 g/mol. The lowest BCUT2D eigenvalue weighted by Crippen LogP contribution is -2.04. The number of pyridine rings is 1. The van der Waals surface area contributed by atoms with Crippen molar-refractivity contribution in [2.45, 2.75) is 32.2 Å². The third-order valence-electron chi connectivity index (χ3n) is 3.98. The van der Waals surface area contributed by atoms with Crippen LogP contribution in [0.3, 0.4) is 0 Å². The lowest BCUT2D eigenvalue weighted by Gasteiger charge is -2.05. The molecule has 20 heavy (non-hydrogen) atoms. The Hall–Kier alpha value is -2.16. The van der Waals surface area contributed by atoms with Crippen LogP contribution in [0, 0.1) is 6.92 Å². The highest BCUT2D eigenvalue weighted by molar-refractivity contribution is 5.81. The van der Waals surface area contributed by atoms with Crippen LogP contribution in [0.5, 0.6) is 0 Å². The lowest BCUT2D eigenvalue weighted by atomic mass is 10.2. The van der Waals surface area contributed by atoms with E-state index in [0.717, 1.165) is 17.9 Å². The maximum absolute atomic E-state index is 4.79. The molecule has 0 saturated heterocycles. The molecular weight excluding hydrogens is 246 g/mol. The second-order valence-electron chi connectivity index (χ2n) is 5.59. The number of aromatic nitrogens is 3. The topological polar surface area (TPSA) is 30.7 Å². The first kappa shape index (κ1) is 11.6. The van der Waals surface area contributed by atoms with Gasteiger partial charge in [-0.05, 0) is 38.0 Å². The highest BCUT2D eigenvalue weighted by Gasteiger charge is 2.24. The number of benzene rings is 1. The van der Waals surface area contributed by atoms with Gasteiger partial charge in [0.15, 0.2) is 0 Å². The summed E-state index contributed by atoms with van der Waals surface area (Å²) < 4.78 is 2.06. The van der Waals surface area contributed by atoms with E-state index in [9.17, 15) is 0 Å². The third-order valence-corrected chi connectivity index (χ3v) is 3.98. The van der Waals surface area contributed by atoms with Crippen LogP contribution in [0.15, 0.2) is 42.5 Å². The van der Waals surface area contributed by atoms with Gasteiger partial charge in [0.05, 0.1) is 23.4 Å². The lowest BCUT2D eigenvalue weighted by molar-refractivity contribution is 0.685. The van der Waals surface area contributed by atoms with Gasteiger partial charge in [-0.2, -0.15) is 5.10 Å². The summed E-state index contributed by atoms with van der Waals surface area (Å²) in [6.07, 6.45) is 2.58. The van der Waals surface area contributed by atoms with Crippen LogP contribution in [-0.2, 0) is 6.54 Å². The van der Waals surface area contributed by atoms with E-state index in [2.05, 4.69) is 59.2 Å². The van der Waals surface area contributed by atoms with Crippen LogP contribution in [0.25, 0.3) is 10.9 Å². The summed E-state index contributed by atoms with van der Waals surface area (Å²) in [6, 6.07) is 14.7. The number of nitrogens with zero attached hydrogens (tertiary/aromatic N) is 3. The molecule has 4 rings (SSSR count). The summed E-state index contributed by atoms with van der Waals surface area (Å²) in [5, 5.41) is 5.88. The fraction of sp³-hybridized carbons (Fsp3) is 0.294. The summed E-state index contributed by atoms with van der Waals surface area (Å²) in [5.74, 6) is 0.700. The normalized spacial score (nSPS) is 14.8. The molecule has 0 N–H and O–H groups in total. The quantitative estimate of drug-likeness (QED) is 0.722. The number of hydrogen-bond donors (Lipinski definition) is 0. The van der Waals surface area contributed by atoms with Gasteiger partial charge in [0.25, 0.3) is 0 Å². The molecule has 2 heterocycles. The molecule has 100 valence electrons. The van der Waals surface area contributed by atoms with Gasteiger partial charge >= 0.3 is 0 Å². The number of rotatable bonds is 3. The molecule has 1 aliphatic rings. The molecule has 0 atom stereocenters. The predicted molar refractivity (Wildman–Crippen MR) is 79.8 cm³/mol. The van der Waals surface area contributed by atoms with E-state index in [1.807, 2.05) is 0 Å². The minimum Gasteiger partial charge on any atom is -0.259 e. The van der Waals surface area contributed by atoms with E-state index in [1.165, 1.54) is 29.4 Å². The van der Waals surface area contributed by atoms with Gasteiger partial charge in [-0.15, -0.1) is 0 Å². The largest absolute Gasteiger partial charge is 0.259 e. The predicted octanol–water partition coefficient (Wildman–Crippen LogP) is 3.67. The van der Waals surface area contributed by atoms with Gasteiger partial charge in [-0.1, -0.05) is 24.3 Å². The zero-order chi connectivity index (χ0) is 13.5. The van der Waals surface area contributed by atoms with Crippen molar-refractivity contribution in [2.24, 2.45) is 0 Å². The Labute approximate surface area is 118 Å². The van der Waals surface area contributed by atoms with Crippen molar-refractivity contribution in [2.75, 3.05) is 0 Å². The van der Waals surface area contributed by atoms with E-state index in [4.69, 9.17) is 4.98 Å². The molecule has 1 aliphatic carbocycles. The van der Waals surface area contributed by atoms with E-state index < -0.39 is 0 Å². The van der Waals surface area contributed by atoms with Crippen LogP contribution >= 0.6 is 0 Å². The summed E-state index contributed by atoms with van der Waals surface area (Å²) in [7, 11) is 0. The van der Waals surface area contributed by atoms with Gasteiger partial charge in [-0.25, -0.2) is 0 Å². The summed E-state index contributed by atoms with van der Waals surface area (Å²) in [5.41, 5.74) is 4.61. The van der Waals surface area contributed by atoms with E-state index in [0.29, 0.717) is 5.92 Å². The van der Waals surface area contributed by atoms with E-state index >= 15 is 0 Å². The maximum atomic E-state index is 4.79. The minimum absolute atomic E-state index is 0.700. The summed E-state index contributed by atoms with van der Waals surface area (Å²) >= 11 is 0. The maximum Gasteiger partial charge on any atom is 0.0838 e. The van der Waals surface area contributed by atoms with Gasteiger partial charge < -0.3 is 0 Å². The minimum atomic E-state index is 0.700. The Kier molecular flexibility index (Phi) is 2.59. The first-order chi connectivity index (χ1) is 9.81. The number of para-hydroxylation sites is 1. The molecule has 3 heteroatoms. The van der Waals surface area contributed by atoms with Crippen molar-refractivity contribution >= 4 is 10.9 Å². The molecule has 1 fully saturated rings. The Bertz CT molecular complexity index is 769. The van der Waals surface area contributed by atoms with Crippen molar-refractivity contribution in [3.05, 3.63) is 59.5 Å². The Morgan fingerprint density at radius 1 is 1.10 bits per heavy atom. The standard InChI is InChI=1S/C17H17N3/c1-12-15-6-2-3-8-17(15)20(19-12)11-14-5-4-7-16(18-14)13-9-10-13/h2-8,13H,9-11H2,1H3. The average Bonchev–Trinajstić information content (AvgIpc) is 3.27. The van der Waals surface area contributed by atoms with Crippen molar-refractivity contribution in [3.63, 3.8) is 0 Å². The molecule has 2 aromatic heterocycles.